The number of hydrogen-bond acceptors (Lipinski definition) is 3. The van der Waals surface area contributed by atoms with Crippen molar-refractivity contribution in [3.8, 4) is 5.75 Å². The molecule has 43 heavy (non-hydrogen) atoms. The van der Waals surface area contributed by atoms with Gasteiger partial charge >= 0.3 is 0 Å². The highest BCUT2D eigenvalue weighted by Gasteiger charge is 2.50. The molecule has 220 valence electrons. The van der Waals surface area contributed by atoms with Crippen LogP contribution in [0, 0.1) is 0 Å². The quantitative estimate of drug-likeness (QED) is 0.142. The fourth-order valence-electron chi connectivity index (χ4n) is 6.14. The first kappa shape index (κ1) is 30.5. The van der Waals surface area contributed by atoms with Crippen molar-refractivity contribution in [3.05, 3.63) is 150 Å². The first-order valence-corrected chi connectivity index (χ1v) is 17.0. The van der Waals surface area contributed by atoms with Gasteiger partial charge in [0.15, 0.2) is 0 Å². The van der Waals surface area contributed by atoms with Gasteiger partial charge in [0, 0.05) is 0 Å². The van der Waals surface area contributed by atoms with E-state index in [-0.39, 0.29) is 16.9 Å². The van der Waals surface area contributed by atoms with Crippen LogP contribution in [0.4, 0.5) is 0 Å². The number of hydrogen-bond donors (Lipinski definition) is 1. The lowest BCUT2D eigenvalue weighted by molar-refractivity contribution is 0.117. The van der Waals surface area contributed by atoms with Gasteiger partial charge in [0.2, 0.25) is 0 Å². The summed E-state index contributed by atoms with van der Waals surface area (Å²) in [6.45, 7) is 12.5. The van der Waals surface area contributed by atoms with Gasteiger partial charge in [-0.15, -0.1) is 0 Å². The maximum absolute atomic E-state index is 9.74. The predicted molar refractivity (Wildman–Crippen MR) is 182 cm³/mol. The van der Waals surface area contributed by atoms with Gasteiger partial charge in [0.05, 0.1) is 19.3 Å². The number of rotatable bonds is 11. The van der Waals surface area contributed by atoms with Crippen LogP contribution in [0.2, 0.25) is 5.04 Å². The molecule has 4 aromatic carbocycles. The molecule has 4 aromatic rings. The van der Waals surface area contributed by atoms with E-state index in [0.717, 1.165) is 29.6 Å². The number of phenolic OH excluding ortho intramolecular Hbond substituents is 1. The van der Waals surface area contributed by atoms with E-state index >= 15 is 0 Å². The molecule has 1 aliphatic rings. The first-order chi connectivity index (χ1) is 20.8. The molecule has 1 unspecified atom stereocenters. The summed E-state index contributed by atoms with van der Waals surface area (Å²) in [4.78, 5) is 0. The minimum absolute atomic E-state index is 0.0396. The van der Waals surface area contributed by atoms with Gasteiger partial charge in [0.25, 0.3) is 8.32 Å². The monoisotopic (exact) mass is 586 g/mol. The van der Waals surface area contributed by atoms with Crippen molar-refractivity contribution >= 4 is 30.3 Å². The molecule has 1 heterocycles. The van der Waals surface area contributed by atoms with E-state index in [1.165, 1.54) is 21.5 Å². The average Bonchev–Trinajstić information content (AvgIpc) is 3.50. The van der Waals surface area contributed by atoms with E-state index in [2.05, 4.69) is 124 Å². The Balaban J connectivity index is 1.36. The number of aromatic hydroxyl groups is 1. The summed E-state index contributed by atoms with van der Waals surface area (Å²) >= 11 is 0. The third kappa shape index (κ3) is 6.99. The lowest BCUT2D eigenvalue weighted by Gasteiger charge is -2.43. The van der Waals surface area contributed by atoms with Gasteiger partial charge in [0.1, 0.15) is 5.75 Å². The topological polar surface area (TPSA) is 38.7 Å². The Morgan fingerprint density at radius 1 is 0.860 bits per heavy atom. The molecule has 3 nitrogen and oxygen atoms in total. The van der Waals surface area contributed by atoms with Crippen molar-refractivity contribution in [1.29, 1.82) is 0 Å². The molecule has 0 saturated heterocycles. The Hall–Kier alpha value is -3.96. The molecule has 1 aliphatic heterocycles. The minimum Gasteiger partial charge on any atom is -0.508 e. The molecule has 0 saturated carbocycles. The summed E-state index contributed by atoms with van der Waals surface area (Å²) in [5, 5.41) is 12.2. The van der Waals surface area contributed by atoms with Gasteiger partial charge < -0.3 is 14.3 Å². The van der Waals surface area contributed by atoms with Crippen molar-refractivity contribution in [2.75, 3.05) is 13.2 Å². The Labute approximate surface area is 258 Å². The molecule has 5 rings (SSSR count). The zero-order valence-corrected chi connectivity index (χ0v) is 26.5. The van der Waals surface area contributed by atoms with Crippen LogP contribution in [0.3, 0.4) is 0 Å². The highest BCUT2D eigenvalue weighted by atomic mass is 28.4. The van der Waals surface area contributed by atoms with E-state index < -0.39 is 8.32 Å². The highest BCUT2D eigenvalue weighted by molar-refractivity contribution is 6.99. The molecular formula is C39H42O3Si. The number of allylic oxidation sites excluding steroid dienone is 1. The number of benzene rings is 4. The van der Waals surface area contributed by atoms with Gasteiger partial charge in [-0.3, -0.25) is 0 Å². The minimum atomic E-state index is -2.67. The van der Waals surface area contributed by atoms with Crippen LogP contribution >= 0.6 is 0 Å². The largest absolute Gasteiger partial charge is 0.508 e. The predicted octanol–water partition coefficient (Wildman–Crippen LogP) is 8.17. The average molecular weight is 587 g/mol. The molecule has 0 fully saturated rings. The molecule has 0 aromatic heterocycles. The SMILES string of the molecule is C=C(CO[Si](c1ccccc1)(c1ccccc1)C(C)(C)C)C1=CCOC1CC/C(=C/c1ccc(O)cc1)c1ccccc1. The highest BCUT2D eigenvalue weighted by Crippen LogP contribution is 2.38. The van der Waals surface area contributed by atoms with Crippen LogP contribution in [0.1, 0.15) is 44.7 Å². The lowest BCUT2D eigenvalue weighted by atomic mass is 9.93. The molecule has 1 atom stereocenters. The standard InChI is InChI=1S/C39H42O3Si/c1-30(29-42-43(39(2,3)4,35-16-10-6-11-17-35)36-18-12-7-13-19-36)37-26-27-41-38(37)25-22-33(32-14-8-5-9-15-32)28-31-20-23-34(40)24-21-31/h5-21,23-24,26,28,38,40H,1,22,25,27,29H2,2-4H3/b33-28-. The summed E-state index contributed by atoms with van der Waals surface area (Å²) < 4.78 is 13.4. The van der Waals surface area contributed by atoms with Gasteiger partial charge in [-0.1, -0.05) is 143 Å². The van der Waals surface area contributed by atoms with Crippen LogP contribution in [-0.2, 0) is 9.16 Å². The molecule has 1 N–H and O–H groups in total. The third-order valence-corrected chi connectivity index (χ3v) is 13.3. The van der Waals surface area contributed by atoms with Crippen molar-refractivity contribution < 1.29 is 14.3 Å². The summed E-state index contributed by atoms with van der Waals surface area (Å²) in [6, 6.07) is 39.3. The van der Waals surface area contributed by atoms with Crippen LogP contribution < -0.4 is 10.4 Å². The third-order valence-electron chi connectivity index (χ3n) is 8.29. The zero-order valence-electron chi connectivity index (χ0n) is 25.5. The maximum atomic E-state index is 9.74. The molecule has 0 bridgehead atoms. The maximum Gasteiger partial charge on any atom is 0.261 e. The molecule has 4 heteroatoms. The summed E-state index contributed by atoms with van der Waals surface area (Å²) in [6.07, 6.45) is 6.02. The smallest absolute Gasteiger partial charge is 0.261 e. The van der Waals surface area contributed by atoms with Crippen molar-refractivity contribution in [2.45, 2.75) is 44.8 Å². The second-order valence-corrected chi connectivity index (χ2v) is 16.5. The number of ether oxygens (including phenoxy) is 1. The fraction of sp³-hybridized carbons (Fsp3) is 0.231. The van der Waals surface area contributed by atoms with Gasteiger partial charge in [-0.05, 0) is 68.2 Å². The van der Waals surface area contributed by atoms with Crippen LogP contribution in [-0.4, -0.2) is 32.7 Å². The molecule has 0 radical (unpaired) electrons. The van der Waals surface area contributed by atoms with Crippen molar-refractivity contribution in [2.24, 2.45) is 0 Å². The Kier molecular flexibility index (Phi) is 9.61. The van der Waals surface area contributed by atoms with Crippen LogP contribution in [0.5, 0.6) is 5.75 Å². The Morgan fingerprint density at radius 3 is 1.98 bits per heavy atom. The van der Waals surface area contributed by atoms with E-state index in [9.17, 15) is 5.11 Å². The molecule has 0 amide bonds. The van der Waals surface area contributed by atoms with E-state index in [1.807, 2.05) is 18.2 Å². The Bertz CT molecular complexity index is 1510. The summed E-state index contributed by atoms with van der Waals surface area (Å²) in [5.41, 5.74) is 5.61. The normalized spacial score (nSPS) is 15.7. The molecular weight excluding hydrogens is 545 g/mol. The van der Waals surface area contributed by atoms with Gasteiger partial charge in [-0.25, -0.2) is 0 Å². The number of phenols is 1. The van der Waals surface area contributed by atoms with E-state index in [1.54, 1.807) is 12.1 Å². The van der Waals surface area contributed by atoms with Crippen LogP contribution in [0.15, 0.2) is 139 Å². The van der Waals surface area contributed by atoms with Crippen molar-refractivity contribution in [1.82, 2.24) is 0 Å². The fourth-order valence-corrected chi connectivity index (χ4v) is 10.7. The van der Waals surface area contributed by atoms with Crippen LogP contribution in [0.25, 0.3) is 11.6 Å². The zero-order chi connectivity index (χ0) is 30.3. The second-order valence-electron chi connectivity index (χ2n) is 12.2. The summed E-state index contributed by atoms with van der Waals surface area (Å²) in [5.74, 6) is 0.270. The first-order valence-electron chi connectivity index (χ1n) is 15.1. The molecule has 0 aliphatic carbocycles. The second kappa shape index (κ2) is 13.6. The van der Waals surface area contributed by atoms with E-state index in [4.69, 9.17) is 9.16 Å². The van der Waals surface area contributed by atoms with Gasteiger partial charge in [-0.2, -0.15) is 0 Å². The Morgan fingerprint density at radius 2 is 1.42 bits per heavy atom. The molecule has 0 spiro atoms. The lowest BCUT2D eigenvalue weighted by Crippen LogP contribution is -2.66. The van der Waals surface area contributed by atoms with E-state index in [0.29, 0.717) is 13.2 Å². The van der Waals surface area contributed by atoms with Crippen molar-refractivity contribution in [3.63, 3.8) is 0 Å². The summed E-state index contributed by atoms with van der Waals surface area (Å²) in [7, 11) is -2.67.